The summed E-state index contributed by atoms with van der Waals surface area (Å²) in [6, 6.07) is 9.95. The van der Waals surface area contributed by atoms with Crippen LogP contribution in [0, 0.1) is 10.1 Å². The van der Waals surface area contributed by atoms with Crippen molar-refractivity contribution in [3.8, 4) is 0 Å². The molecule has 0 saturated carbocycles. The highest BCUT2D eigenvalue weighted by Gasteiger charge is 2.15. The molecular formula is C12H10BrN3O3. The lowest BCUT2D eigenvalue weighted by molar-refractivity contribution is -0.389. The van der Waals surface area contributed by atoms with E-state index in [1.165, 1.54) is 12.1 Å². The van der Waals surface area contributed by atoms with E-state index < -0.39 is 10.8 Å². The summed E-state index contributed by atoms with van der Waals surface area (Å²) < 4.78 is 0. The van der Waals surface area contributed by atoms with Crippen LogP contribution >= 0.6 is 15.9 Å². The first kappa shape index (κ1) is 13.3. The molecule has 0 spiro atoms. The molecule has 1 heterocycles. The van der Waals surface area contributed by atoms with Gasteiger partial charge in [-0.1, -0.05) is 28.1 Å². The minimum absolute atomic E-state index is 0.149. The van der Waals surface area contributed by atoms with Gasteiger partial charge in [-0.05, 0) is 28.7 Å². The lowest BCUT2D eigenvalue weighted by Crippen LogP contribution is -2.12. The molecule has 98 valence electrons. The molecule has 0 aliphatic heterocycles. The third-order valence-electron chi connectivity index (χ3n) is 2.45. The van der Waals surface area contributed by atoms with E-state index >= 15 is 0 Å². The van der Waals surface area contributed by atoms with Crippen LogP contribution < -0.4 is 5.32 Å². The van der Waals surface area contributed by atoms with Gasteiger partial charge in [-0.25, -0.2) is 4.98 Å². The van der Waals surface area contributed by atoms with Gasteiger partial charge >= 0.3 is 5.82 Å². The standard InChI is InChI=1S/C12H10BrN3O3/c13-7-8-2-1-3-9(6-8)14-12(17)10-4-5-11(15-10)16(18)19/h1-6,15H,7H2,(H,14,17). The third kappa shape index (κ3) is 3.19. The quantitative estimate of drug-likeness (QED) is 0.515. The first-order valence-corrected chi connectivity index (χ1v) is 6.52. The van der Waals surface area contributed by atoms with Crippen LogP contribution in [0.3, 0.4) is 0 Å². The molecule has 0 aliphatic carbocycles. The van der Waals surface area contributed by atoms with Gasteiger partial charge in [-0.3, -0.25) is 4.79 Å². The lowest BCUT2D eigenvalue weighted by atomic mass is 10.2. The fourth-order valence-corrected chi connectivity index (χ4v) is 1.90. The molecule has 0 aliphatic rings. The number of hydrogen-bond acceptors (Lipinski definition) is 3. The number of alkyl halides is 1. The Kier molecular flexibility index (Phi) is 3.96. The zero-order valence-corrected chi connectivity index (χ0v) is 11.3. The second-order valence-corrected chi connectivity index (χ2v) is 4.36. The third-order valence-corrected chi connectivity index (χ3v) is 3.10. The number of benzene rings is 1. The lowest BCUT2D eigenvalue weighted by Gasteiger charge is -2.03. The summed E-state index contributed by atoms with van der Waals surface area (Å²) in [5, 5.41) is 13.9. The minimum Gasteiger partial charge on any atom is -0.358 e. The molecule has 2 aromatic rings. The van der Waals surface area contributed by atoms with Crippen molar-refractivity contribution in [3.63, 3.8) is 0 Å². The zero-order chi connectivity index (χ0) is 13.8. The van der Waals surface area contributed by atoms with Gasteiger partial charge in [0, 0.05) is 17.1 Å². The van der Waals surface area contributed by atoms with E-state index in [0.717, 1.165) is 5.56 Å². The van der Waals surface area contributed by atoms with Crippen molar-refractivity contribution < 1.29 is 9.72 Å². The molecule has 7 heteroatoms. The number of carbonyl (C=O) groups is 1. The van der Waals surface area contributed by atoms with Gasteiger partial charge in [-0.2, -0.15) is 0 Å². The smallest absolute Gasteiger partial charge is 0.321 e. The number of amides is 1. The Balaban J connectivity index is 2.13. The molecule has 1 aromatic heterocycles. The van der Waals surface area contributed by atoms with Crippen LogP contribution in [0.2, 0.25) is 0 Å². The van der Waals surface area contributed by atoms with Crippen LogP contribution in [-0.4, -0.2) is 15.8 Å². The van der Waals surface area contributed by atoms with E-state index in [9.17, 15) is 14.9 Å². The molecule has 19 heavy (non-hydrogen) atoms. The van der Waals surface area contributed by atoms with E-state index in [1.54, 1.807) is 6.07 Å². The summed E-state index contributed by atoms with van der Waals surface area (Å²) in [6.45, 7) is 0. The summed E-state index contributed by atoms with van der Waals surface area (Å²) >= 11 is 3.33. The fraction of sp³-hybridized carbons (Fsp3) is 0.0833. The predicted molar refractivity (Wildman–Crippen MR) is 74.5 cm³/mol. The Morgan fingerprint density at radius 1 is 1.37 bits per heavy atom. The number of halogens is 1. The average molecular weight is 324 g/mol. The molecule has 0 atom stereocenters. The molecule has 2 rings (SSSR count). The van der Waals surface area contributed by atoms with Crippen molar-refractivity contribution >= 4 is 33.3 Å². The van der Waals surface area contributed by atoms with Gasteiger partial charge in [-0.15, -0.1) is 0 Å². The summed E-state index contributed by atoms with van der Waals surface area (Å²) in [7, 11) is 0. The number of nitro groups is 1. The van der Waals surface area contributed by atoms with Crippen molar-refractivity contribution in [3.05, 3.63) is 57.8 Å². The second kappa shape index (κ2) is 5.66. The molecule has 0 fully saturated rings. The maximum atomic E-state index is 11.9. The van der Waals surface area contributed by atoms with E-state index in [1.807, 2.05) is 18.2 Å². The van der Waals surface area contributed by atoms with Crippen molar-refractivity contribution in [2.45, 2.75) is 5.33 Å². The van der Waals surface area contributed by atoms with Crippen LogP contribution in [0.4, 0.5) is 11.5 Å². The normalized spacial score (nSPS) is 10.2. The van der Waals surface area contributed by atoms with E-state index in [-0.39, 0.29) is 11.5 Å². The monoisotopic (exact) mass is 323 g/mol. The average Bonchev–Trinajstić information content (AvgIpc) is 2.89. The minimum atomic E-state index is -0.581. The second-order valence-electron chi connectivity index (χ2n) is 3.80. The van der Waals surface area contributed by atoms with Gasteiger partial charge in [0.15, 0.2) is 5.69 Å². The van der Waals surface area contributed by atoms with Crippen LogP contribution in [0.1, 0.15) is 16.1 Å². The molecular weight excluding hydrogens is 314 g/mol. The Bertz CT molecular complexity index is 624. The highest BCUT2D eigenvalue weighted by molar-refractivity contribution is 9.08. The van der Waals surface area contributed by atoms with Crippen molar-refractivity contribution in [2.24, 2.45) is 0 Å². The topological polar surface area (TPSA) is 88.0 Å². The number of aromatic nitrogens is 1. The van der Waals surface area contributed by atoms with E-state index in [4.69, 9.17) is 0 Å². The van der Waals surface area contributed by atoms with Gasteiger partial charge in [0.1, 0.15) is 0 Å². The van der Waals surface area contributed by atoms with Crippen LogP contribution in [-0.2, 0) is 5.33 Å². The number of anilines is 1. The first-order valence-electron chi connectivity index (χ1n) is 5.40. The van der Waals surface area contributed by atoms with Gasteiger partial charge in [0.25, 0.3) is 5.91 Å². The molecule has 0 radical (unpaired) electrons. The van der Waals surface area contributed by atoms with Crippen molar-refractivity contribution in [1.29, 1.82) is 0 Å². The number of nitrogens with zero attached hydrogens (tertiary/aromatic N) is 1. The highest BCUT2D eigenvalue weighted by Crippen LogP contribution is 2.15. The SMILES string of the molecule is O=C(Nc1cccc(CBr)c1)c1ccc([N+](=O)[O-])[nH]1. The van der Waals surface area contributed by atoms with Gasteiger partial charge in [0.05, 0.1) is 0 Å². The van der Waals surface area contributed by atoms with E-state index in [0.29, 0.717) is 11.0 Å². The van der Waals surface area contributed by atoms with Crippen LogP contribution in [0.5, 0.6) is 0 Å². The molecule has 6 nitrogen and oxygen atoms in total. The Labute approximate surface area is 117 Å². The number of H-pyrrole nitrogens is 1. The highest BCUT2D eigenvalue weighted by atomic mass is 79.9. The molecule has 1 aromatic carbocycles. The predicted octanol–water partition coefficient (Wildman–Crippen LogP) is 3.07. The maximum absolute atomic E-state index is 11.9. The Morgan fingerprint density at radius 3 is 2.79 bits per heavy atom. The summed E-state index contributed by atoms with van der Waals surface area (Å²) in [4.78, 5) is 24.2. The molecule has 2 N–H and O–H groups in total. The summed E-state index contributed by atoms with van der Waals surface area (Å²) in [5.41, 5.74) is 1.81. The number of rotatable bonds is 4. The summed E-state index contributed by atoms with van der Waals surface area (Å²) in [6.07, 6.45) is 0. The van der Waals surface area contributed by atoms with Crippen LogP contribution in [0.25, 0.3) is 0 Å². The Hall–Kier alpha value is -2.15. The zero-order valence-electron chi connectivity index (χ0n) is 9.72. The molecule has 0 unspecified atom stereocenters. The molecule has 0 saturated heterocycles. The van der Waals surface area contributed by atoms with Crippen molar-refractivity contribution in [2.75, 3.05) is 5.32 Å². The van der Waals surface area contributed by atoms with Gasteiger partial charge < -0.3 is 15.4 Å². The number of aromatic amines is 1. The first-order chi connectivity index (χ1) is 9.10. The summed E-state index contributed by atoms with van der Waals surface area (Å²) in [5.74, 6) is -0.626. The van der Waals surface area contributed by atoms with E-state index in [2.05, 4.69) is 26.2 Å². The fourth-order valence-electron chi connectivity index (χ4n) is 1.55. The van der Waals surface area contributed by atoms with Gasteiger partial charge in [0.2, 0.25) is 0 Å². The van der Waals surface area contributed by atoms with Crippen molar-refractivity contribution in [1.82, 2.24) is 4.98 Å². The largest absolute Gasteiger partial charge is 0.358 e. The number of hydrogen-bond donors (Lipinski definition) is 2. The maximum Gasteiger partial charge on any atom is 0.321 e. The molecule has 0 bridgehead atoms. The number of carbonyl (C=O) groups excluding carboxylic acids is 1. The van der Waals surface area contributed by atoms with Crippen LogP contribution in [0.15, 0.2) is 36.4 Å². The molecule has 1 amide bonds. The Morgan fingerprint density at radius 2 is 2.16 bits per heavy atom. The number of nitrogens with one attached hydrogen (secondary N) is 2.